The zero-order valence-corrected chi connectivity index (χ0v) is 16.7. The van der Waals surface area contributed by atoms with Gasteiger partial charge < -0.3 is 10.1 Å². The SMILES string of the molecule is COC(=O)c1ccc(NC(=O)CN(c2ccc(Cl)c(Cl)c2)S(C)(=O)=O)cc1. The molecule has 2 aromatic rings. The number of carbonyl (C=O) groups excluding carboxylic acids is 2. The molecule has 0 unspecified atom stereocenters. The second-order valence-electron chi connectivity index (χ2n) is 5.49. The molecular weight excluding hydrogens is 415 g/mol. The van der Waals surface area contributed by atoms with Crippen molar-refractivity contribution in [2.75, 3.05) is 29.5 Å². The maximum absolute atomic E-state index is 12.3. The van der Waals surface area contributed by atoms with E-state index in [4.69, 9.17) is 23.2 Å². The molecule has 0 heterocycles. The number of halogens is 2. The monoisotopic (exact) mass is 430 g/mol. The Morgan fingerprint density at radius 2 is 1.70 bits per heavy atom. The molecule has 7 nitrogen and oxygen atoms in total. The van der Waals surface area contributed by atoms with Gasteiger partial charge in [0.2, 0.25) is 15.9 Å². The quantitative estimate of drug-likeness (QED) is 0.710. The van der Waals surface area contributed by atoms with E-state index in [1.54, 1.807) is 0 Å². The summed E-state index contributed by atoms with van der Waals surface area (Å²) in [5.41, 5.74) is 0.933. The van der Waals surface area contributed by atoms with Gasteiger partial charge in [0.1, 0.15) is 6.54 Å². The molecule has 0 fully saturated rings. The summed E-state index contributed by atoms with van der Waals surface area (Å²) in [4.78, 5) is 23.7. The van der Waals surface area contributed by atoms with E-state index in [9.17, 15) is 18.0 Å². The molecule has 0 saturated heterocycles. The number of ether oxygens (including phenoxy) is 1. The third-order valence-corrected chi connectivity index (χ3v) is 5.35. The Balaban J connectivity index is 2.17. The van der Waals surface area contributed by atoms with Gasteiger partial charge in [-0.3, -0.25) is 9.10 Å². The summed E-state index contributed by atoms with van der Waals surface area (Å²) in [6.07, 6.45) is 0.980. The molecule has 0 aliphatic rings. The molecule has 27 heavy (non-hydrogen) atoms. The van der Waals surface area contributed by atoms with E-state index in [1.807, 2.05) is 0 Å². The number of rotatable bonds is 6. The van der Waals surface area contributed by atoms with Crippen LogP contribution in [0.3, 0.4) is 0 Å². The minimum absolute atomic E-state index is 0.168. The first-order valence-corrected chi connectivity index (χ1v) is 10.1. The van der Waals surface area contributed by atoms with Gasteiger partial charge in [-0.15, -0.1) is 0 Å². The van der Waals surface area contributed by atoms with E-state index >= 15 is 0 Å². The van der Waals surface area contributed by atoms with Crippen molar-refractivity contribution in [2.24, 2.45) is 0 Å². The average molecular weight is 431 g/mol. The normalized spacial score (nSPS) is 11.0. The number of nitrogens with zero attached hydrogens (tertiary/aromatic N) is 1. The van der Waals surface area contributed by atoms with Crippen molar-refractivity contribution < 1.29 is 22.7 Å². The van der Waals surface area contributed by atoms with Gasteiger partial charge >= 0.3 is 5.97 Å². The number of sulfonamides is 1. The Hall–Kier alpha value is -2.29. The number of hydrogen-bond acceptors (Lipinski definition) is 5. The van der Waals surface area contributed by atoms with Crippen molar-refractivity contribution in [3.05, 3.63) is 58.1 Å². The molecule has 10 heteroatoms. The Morgan fingerprint density at radius 1 is 1.07 bits per heavy atom. The summed E-state index contributed by atoms with van der Waals surface area (Å²) >= 11 is 11.8. The summed E-state index contributed by atoms with van der Waals surface area (Å²) in [6.45, 7) is -0.463. The summed E-state index contributed by atoms with van der Waals surface area (Å²) in [5.74, 6) is -1.08. The first-order valence-electron chi connectivity index (χ1n) is 7.53. The number of hydrogen-bond donors (Lipinski definition) is 1. The Bertz CT molecular complexity index is 962. The van der Waals surface area contributed by atoms with E-state index in [-0.39, 0.29) is 15.7 Å². The third kappa shape index (κ3) is 5.59. The zero-order valence-electron chi connectivity index (χ0n) is 14.4. The number of amides is 1. The number of methoxy groups -OCH3 is 1. The van der Waals surface area contributed by atoms with Crippen LogP contribution in [0.1, 0.15) is 10.4 Å². The van der Waals surface area contributed by atoms with Gasteiger partial charge in [-0.2, -0.15) is 0 Å². The van der Waals surface area contributed by atoms with Crippen molar-refractivity contribution in [3.8, 4) is 0 Å². The molecule has 0 atom stereocenters. The fourth-order valence-corrected chi connectivity index (χ4v) is 3.32. The molecule has 2 aromatic carbocycles. The van der Waals surface area contributed by atoms with Crippen molar-refractivity contribution in [2.45, 2.75) is 0 Å². The summed E-state index contributed by atoms with van der Waals surface area (Å²) < 4.78 is 29.7. The molecule has 144 valence electrons. The van der Waals surface area contributed by atoms with E-state index in [2.05, 4.69) is 10.1 Å². The molecule has 1 N–H and O–H groups in total. The molecule has 2 rings (SSSR count). The van der Waals surface area contributed by atoms with Crippen LogP contribution in [0, 0.1) is 0 Å². The minimum atomic E-state index is -3.75. The highest BCUT2D eigenvalue weighted by molar-refractivity contribution is 7.92. The molecule has 0 radical (unpaired) electrons. The fourth-order valence-electron chi connectivity index (χ4n) is 2.18. The minimum Gasteiger partial charge on any atom is -0.465 e. The second-order valence-corrected chi connectivity index (χ2v) is 8.21. The van der Waals surface area contributed by atoms with E-state index in [0.717, 1.165) is 10.6 Å². The van der Waals surface area contributed by atoms with Gasteiger partial charge in [-0.1, -0.05) is 23.2 Å². The first kappa shape index (κ1) is 21.0. The van der Waals surface area contributed by atoms with E-state index < -0.39 is 28.4 Å². The number of esters is 1. The molecular formula is C17H16Cl2N2O5S. The standard InChI is InChI=1S/C17H16Cl2N2O5S/c1-26-17(23)11-3-5-12(6-4-11)20-16(22)10-21(27(2,24)25)13-7-8-14(18)15(19)9-13/h3-9H,10H2,1-2H3,(H,20,22). The number of benzene rings is 2. The van der Waals surface area contributed by atoms with Crippen molar-refractivity contribution >= 4 is 56.5 Å². The summed E-state index contributed by atoms with van der Waals surface area (Å²) in [7, 11) is -2.48. The average Bonchev–Trinajstić information content (AvgIpc) is 2.61. The van der Waals surface area contributed by atoms with Crippen LogP contribution in [0.15, 0.2) is 42.5 Å². The van der Waals surface area contributed by atoms with Gasteiger partial charge in [-0.05, 0) is 42.5 Å². The van der Waals surface area contributed by atoms with Crippen LogP contribution in [-0.4, -0.2) is 40.2 Å². The highest BCUT2D eigenvalue weighted by Gasteiger charge is 2.21. The van der Waals surface area contributed by atoms with Crippen LogP contribution in [0.5, 0.6) is 0 Å². The predicted octanol–water partition coefficient (Wildman–Crippen LogP) is 3.18. The van der Waals surface area contributed by atoms with Gasteiger partial charge in [0.05, 0.1) is 34.7 Å². The van der Waals surface area contributed by atoms with Crippen LogP contribution >= 0.6 is 23.2 Å². The molecule has 0 aliphatic heterocycles. The first-order chi connectivity index (χ1) is 12.6. The van der Waals surface area contributed by atoms with Gasteiger partial charge in [0.25, 0.3) is 0 Å². The maximum atomic E-state index is 12.3. The Morgan fingerprint density at radius 3 is 2.22 bits per heavy atom. The molecule has 0 bridgehead atoms. The number of anilines is 2. The highest BCUT2D eigenvalue weighted by atomic mass is 35.5. The number of nitrogens with one attached hydrogen (secondary N) is 1. The highest BCUT2D eigenvalue weighted by Crippen LogP contribution is 2.28. The lowest BCUT2D eigenvalue weighted by Crippen LogP contribution is -2.37. The third-order valence-electron chi connectivity index (χ3n) is 3.47. The van der Waals surface area contributed by atoms with Crippen LogP contribution < -0.4 is 9.62 Å². The van der Waals surface area contributed by atoms with Crippen molar-refractivity contribution in [1.29, 1.82) is 0 Å². The summed E-state index contributed by atoms with van der Waals surface area (Å²) in [5, 5.41) is 3.00. The predicted molar refractivity (Wildman–Crippen MR) is 105 cm³/mol. The zero-order chi connectivity index (χ0) is 20.2. The van der Waals surface area contributed by atoms with Crippen molar-refractivity contribution in [3.63, 3.8) is 0 Å². The largest absolute Gasteiger partial charge is 0.465 e. The van der Waals surface area contributed by atoms with E-state index in [1.165, 1.54) is 49.6 Å². The molecule has 1 amide bonds. The van der Waals surface area contributed by atoms with Crippen LogP contribution in [0.4, 0.5) is 11.4 Å². The Kier molecular flexibility index (Phi) is 6.69. The van der Waals surface area contributed by atoms with Gasteiger partial charge in [-0.25, -0.2) is 13.2 Å². The second kappa shape index (κ2) is 8.60. The number of carbonyl (C=O) groups is 2. The van der Waals surface area contributed by atoms with E-state index in [0.29, 0.717) is 11.3 Å². The lowest BCUT2D eigenvalue weighted by atomic mass is 10.2. The lowest BCUT2D eigenvalue weighted by Gasteiger charge is -2.22. The van der Waals surface area contributed by atoms with Crippen molar-refractivity contribution in [1.82, 2.24) is 0 Å². The van der Waals surface area contributed by atoms with Crippen LogP contribution in [-0.2, 0) is 19.6 Å². The van der Waals surface area contributed by atoms with Crippen LogP contribution in [0.2, 0.25) is 10.0 Å². The van der Waals surface area contributed by atoms with Gasteiger partial charge in [0, 0.05) is 5.69 Å². The van der Waals surface area contributed by atoms with Crippen LogP contribution in [0.25, 0.3) is 0 Å². The fraction of sp³-hybridized carbons (Fsp3) is 0.176. The topological polar surface area (TPSA) is 92.8 Å². The van der Waals surface area contributed by atoms with Gasteiger partial charge in [0.15, 0.2) is 0 Å². The lowest BCUT2D eigenvalue weighted by molar-refractivity contribution is -0.114. The molecule has 0 saturated carbocycles. The molecule has 0 aliphatic carbocycles. The molecule has 0 spiro atoms. The smallest absolute Gasteiger partial charge is 0.337 e. The molecule has 0 aromatic heterocycles. The maximum Gasteiger partial charge on any atom is 0.337 e. The summed E-state index contributed by atoms with van der Waals surface area (Å²) in [6, 6.07) is 10.2. The Labute approximate surface area is 166 Å².